The number of carbonyl (C=O) groups excluding carboxylic acids is 1. The maximum absolute atomic E-state index is 13.7. The van der Waals surface area contributed by atoms with Crippen LogP contribution in [0.15, 0.2) is 12.1 Å². The number of nitrogens with one attached hydrogen (secondary N) is 1. The van der Waals surface area contributed by atoms with Gasteiger partial charge in [-0.25, -0.2) is 8.78 Å². The maximum Gasteiger partial charge on any atom is 0.227 e. The molecule has 0 bridgehead atoms. The second-order valence-corrected chi connectivity index (χ2v) is 5.52. The van der Waals surface area contributed by atoms with Crippen LogP contribution in [0.2, 0.25) is 0 Å². The highest BCUT2D eigenvalue weighted by Crippen LogP contribution is 2.29. The van der Waals surface area contributed by atoms with Crippen LogP contribution in [-0.2, 0) is 4.79 Å². The summed E-state index contributed by atoms with van der Waals surface area (Å²) in [7, 11) is 0. The quantitative estimate of drug-likeness (QED) is 0.895. The van der Waals surface area contributed by atoms with Gasteiger partial charge < -0.3 is 11.1 Å². The Bertz CT molecular complexity index is 497. The van der Waals surface area contributed by atoms with Gasteiger partial charge in [0.25, 0.3) is 0 Å². The van der Waals surface area contributed by atoms with E-state index in [0.29, 0.717) is 12.5 Å². The van der Waals surface area contributed by atoms with Crippen molar-refractivity contribution in [3.63, 3.8) is 0 Å². The smallest absolute Gasteiger partial charge is 0.227 e. The molecule has 0 aromatic heterocycles. The Labute approximate surface area is 117 Å². The minimum Gasteiger partial charge on any atom is -0.330 e. The van der Waals surface area contributed by atoms with Crippen LogP contribution in [0.3, 0.4) is 0 Å². The normalized spacial score (nSPS) is 22.6. The molecule has 1 aliphatic carbocycles. The van der Waals surface area contributed by atoms with Crippen LogP contribution in [0, 0.1) is 30.4 Å². The molecule has 1 aliphatic rings. The van der Waals surface area contributed by atoms with Crippen molar-refractivity contribution in [2.45, 2.75) is 32.6 Å². The van der Waals surface area contributed by atoms with Crippen molar-refractivity contribution < 1.29 is 13.6 Å². The van der Waals surface area contributed by atoms with Gasteiger partial charge in [-0.05, 0) is 56.7 Å². The first-order chi connectivity index (χ1) is 9.51. The molecule has 1 fully saturated rings. The Kier molecular flexibility index (Phi) is 4.70. The molecule has 0 atom stereocenters. The molecular formula is C15H20F2N2O. The highest BCUT2D eigenvalue weighted by Gasteiger charge is 2.26. The molecule has 0 aliphatic heterocycles. The summed E-state index contributed by atoms with van der Waals surface area (Å²) >= 11 is 0. The lowest BCUT2D eigenvalue weighted by molar-refractivity contribution is -0.121. The van der Waals surface area contributed by atoms with Gasteiger partial charge in [-0.1, -0.05) is 0 Å². The van der Waals surface area contributed by atoms with E-state index in [-0.39, 0.29) is 23.1 Å². The number of hydrogen-bond donors (Lipinski definition) is 2. The largest absolute Gasteiger partial charge is 0.330 e. The van der Waals surface area contributed by atoms with Gasteiger partial charge in [-0.15, -0.1) is 0 Å². The van der Waals surface area contributed by atoms with E-state index in [2.05, 4.69) is 5.32 Å². The van der Waals surface area contributed by atoms with Gasteiger partial charge in [0.15, 0.2) is 0 Å². The molecule has 1 aromatic carbocycles. The first kappa shape index (κ1) is 14.9. The first-order valence-corrected chi connectivity index (χ1v) is 6.97. The maximum atomic E-state index is 13.7. The minimum absolute atomic E-state index is 0.0842. The number of benzene rings is 1. The van der Waals surface area contributed by atoms with Gasteiger partial charge in [0.05, 0.1) is 5.69 Å². The van der Waals surface area contributed by atoms with E-state index in [4.69, 9.17) is 5.73 Å². The van der Waals surface area contributed by atoms with E-state index in [1.165, 1.54) is 6.92 Å². The summed E-state index contributed by atoms with van der Waals surface area (Å²) in [5.41, 5.74) is 5.75. The predicted molar refractivity (Wildman–Crippen MR) is 74.2 cm³/mol. The minimum atomic E-state index is -0.604. The van der Waals surface area contributed by atoms with E-state index in [0.717, 1.165) is 37.8 Å². The zero-order chi connectivity index (χ0) is 14.7. The van der Waals surface area contributed by atoms with Crippen LogP contribution >= 0.6 is 0 Å². The molecule has 3 N–H and O–H groups in total. The fourth-order valence-corrected chi connectivity index (χ4v) is 2.64. The van der Waals surface area contributed by atoms with Crippen molar-refractivity contribution in [2.24, 2.45) is 17.6 Å². The average Bonchev–Trinajstić information content (AvgIpc) is 2.44. The molecule has 20 heavy (non-hydrogen) atoms. The molecule has 2 rings (SSSR count). The third-order valence-corrected chi connectivity index (χ3v) is 4.06. The summed E-state index contributed by atoms with van der Waals surface area (Å²) in [5.74, 6) is -1.02. The number of nitrogens with two attached hydrogens (primary N) is 1. The van der Waals surface area contributed by atoms with E-state index in [9.17, 15) is 13.6 Å². The molecule has 0 unspecified atom stereocenters. The van der Waals surface area contributed by atoms with Crippen molar-refractivity contribution in [1.29, 1.82) is 0 Å². The van der Waals surface area contributed by atoms with E-state index >= 15 is 0 Å². The molecule has 0 radical (unpaired) electrons. The van der Waals surface area contributed by atoms with Gasteiger partial charge in [0.1, 0.15) is 11.6 Å². The Morgan fingerprint density at radius 1 is 1.25 bits per heavy atom. The summed E-state index contributed by atoms with van der Waals surface area (Å²) in [5, 5.41) is 2.50. The standard InChI is InChI=1S/C15H20F2N2O/c1-9-6-13(17)14(7-12(9)16)19-15(20)11-4-2-10(8-18)3-5-11/h6-7,10-11H,2-5,8,18H2,1H3,(H,19,20). The lowest BCUT2D eigenvalue weighted by atomic mass is 9.81. The van der Waals surface area contributed by atoms with Crippen molar-refractivity contribution in [3.05, 3.63) is 29.3 Å². The molecular weight excluding hydrogens is 262 g/mol. The van der Waals surface area contributed by atoms with Crippen molar-refractivity contribution in [1.82, 2.24) is 0 Å². The van der Waals surface area contributed by atoms with Gasteiger partial charge in [0, 0.05) is 12.0 Å². The summed E-state index contributed by atoms with van der Waals surface area (Å²) in [6.07, 6.45) is 3.34. The highest BCUT2D eigenvalue weighted by atomic mass is 19.1. The van der Waals surface area contributed by atoms with Gasteiger partial charge in [0.2, 0.25) is 5.91 Å². The monoisotopic (exact) mass is 282 g/mol. The Hall–Kier alpha value is -1.49. The number of amides is 1. The number of carbonyl (C=O) groups is 1. The summed E-state index contributed by atoms with van der Waals surface area (Å²) in [4.78, 5) is 12.1. The Balaban J connectivity index is 2.00. The third-order valence-electron chi connectivity index (χ3n) is 4.06. The van der Waals surface area contributed by atoms with Gasteiger partial charge in [-0.3, -0.25) is 4.79 Å². The van der Waals surface area contributed by atoms with Crippen molar-refractivity contribution in [3.8, 4) is 0 Å². The summed E-state index contributed by atoms with van der Waals surface area (Å²) in [6, 6.07) is 2.13. The second-order valence-electron chi connectivity index (χ2n) is 5.52. The van der Waals surface area contributed by atoms with Crippen LogP contribution in [-0.4, -0.2) is 12.5 Å². The van der Waals surface area contributed by atoms with Crippen LogP contribution in [0.4, 0.5) is 14.5 Å². The SMILES string of the molecule is Cc1cc(F)c(NC(=O)C2CCC(CN)CC2)cc1F. The van der Waals surface area contributed by atoms with E-state index < -0.39 is 11.6 Å². The van der Waals surface area contributed by atoms with Crippen LogP contribution in [0.25, 0.3) is 0 Å². The Morgan fingerprint density at radius 3 is 2.50 bits per heavy atom. The highest BCUT2D eigenvalue weighted by molar-refractivity contribution is 5.92. The van der Waals surface area contributed by atoms with E-state index in [1.54, 1.807) is 0 Å². The molecule has 110 valence electrons. The molecule has 0 spiro atoms. The van der Waals surface area contributed by atoms with Gasteiger partial charge >= 0.3 is 0 Å². The van der Waals surface area contributed by atoms with Gasteiger partial charge in [-0.2, -0.15) is 0 Å². The molecule has 1 amide bonds. The number of rotatable bonds is 3. The average molecular weight is 282 g/mol. The van der Waals surface area contributed by atoms with Crippen molar-refractivity contribution in [2.75, 3.05) is 11.9 Å². The number of aryl methyl sites for hydroxylation is 1. The fraction of sp³-hybridized carbons (Fsp3) is 0.533. The molecule has 5 heteroatoms. The third kappa shape index (κ3) is 3.33. The topological polar surface area (TPSA) is 55.1 Å². The van der Waals surface area contributed by atoms with Crippen molar-refractivity contribution >= 4 is 11.6 Å². The number of anilines is 1. The molecule has 0 saturated heterocycles. The number of hydrogen-bond acceptors (Lipinski definition) is 2. The van der Waals surface area contributed by atoms with Crippen LogP contribution in [0.5, 0.6) is 0 Å². The zero-order valence-electron chi connectivity index (χ0n) is 11.6. The molecule has 1 saturated carbocycles. The fourth-order valence-electron chi connectivity index (χ4n) is 2.64. The molecule has 0 heterocycles. The Morgan fingerprint density at radius 2 is 1.90 bits per heavy atom. The van der Waals surface area contributed by atoms with Crippen LogP contribution in [0.1, 0.15) is 31.2 Å². The zero-order valence-corrected chi connectivity index (χ0v) is 11.6. The lowest BCUT2D eigenvalue weighted by Gasteiger charge is -2.26. The molecule has 1 aromatic rings. The number of halogens is 2. The summed E-state index contributed by atoms with van der Waals surface area (Å²) < 4.78 is 27.1. The second kappa shape index (κ2) is 6.31. The van der Waals surface area contributed by atoms with E-state index in [1.807, 2.05) is 0 Å². The predicted octanol–water partition coefficient (Wildman–Crippen LogP) is 2.98. The summed E-state index contributed by atoms with van der Waals surface area (Å²) in [6.45, 7) is 2.13. The first-order valence-electron chi connectivity index (χ1n) is 6.97. The van der Waals surface area contributed by atoms with Crippen LogP contribution < -0.4 is 11.1 Å². The lowest BCUT2D eigenvalue weighted by Crippen LogP contribution is -2.29. The molecule has 3 nitrogen and oxygen atoms in total.